The maximum atomic E-state index is 12.0. The lowest BCUT2D eigenvalue weighted by Crippen LogP contribution is -2.50. The normalized spacial score (nSPS) is 23.3. The van der Waals surface area contributed by atoms with Crippen molar-refractivity contribution < 1.29 is 4.79 Å². The maximum absolute atomic E-state index is 12.0. The van der Waals surface area contributed by atoms with Gasteiger partial charge in [-0.05, 0) is 26.0 Å². The van der Waals surface area contributed by atoms with Crippen molar-refractivity contribution in [2.75, 3.05) is 13.1 Å². The minimum Gasteiger partial charge on any atom is -0.353 e. The van der Waals surface area contributed by atoms with Gasteiger partial charge in [0.25, 0.3) is 5.91 Å². The standard InChI is InChI=1S/C11H15Cl2N3O.ClH/c1-6-4-7(12)10(15-6)11(17)16-9-2-3-14-5-8(9)13;/h4,8-9,14-15H,2-3,5H2,1H3,(H,16,17);1H/t8-,9+;/m0./s1. The highest BCUT2D eigenvalue weighted by Crippen LogP contribution is 2.18. The van der Waals surface area contributed by atoms with Crippen molar-refractivity contribution in [2.24, 2.45) is 0 Å². The van der Waals surface area contributed by atoms with Gasteiger partial charge >= 0.3 is 0 Å². The highest BCUT2D eigenvalue weighted by molar-refractivity contribution is 6.33. The minimum absolute atomic E-state index is 0. The number of alkyl halides is 1. The van der Waals surface area contributed by atoms with Gasteiger partial charge in [-0.1, -0.05) is 11.6 Å². The Kier molecular flexibility index (Phi) is 5.79. The number of hydrogen-bond acceptors (Lipinski definition) is 2. The van der Waals surface area contributed by atoms with E-state index in [1.54, 1.807) is 6.07 Å². The van der Waals surface area contributed by atoms with Crippen molar-refractivity contribution in [1.29, 1.82) is 0 Å². The predicted molar refractivity (Wildman–Crippen MR) is 76.2 cm³/mol. The van der Waals surface area contributed by atoms with Gasteiger partial charge in [-0.15, -0.1) is 24.0 Å². The Hall–Kier alpha value is -0.420. The molecule has 1 amide bonds. The van der Waals surface area contributed by atoms with E-state index in [4.69, 9.17) is 23.2 Å². The van der Waals surface area contributed by atoms with E-state index in [1.165, 1.54) is 0 Å². The number of aryl methyl sites for hydroxylation is 1. The van der Waals surface area contributed by atoms with Crippen molar-refractivity contribution in [3.05, 3.63) is 22.5 Å². The molecule has 18 heavy (non-hydrogen) atoms. The number of piperidine rings is 1. The Bertz CT molecular complexity index is 422. The van der Waals surface area contributed by atoms with E-state index in [1.807, 2.05) is 6.92 Å². The Morgan fingerprint density at radius 1 is 1.56 bits per heavy atom. The lowest BCUT2D eigenvalue weighted by Gasteiger charge is -2.28. The summed E-state index contributed by atoms with van der Waals surface area (Å²) in [5.41, 5.74) is 1.28. The summed E-state index contributed by atoms with van der Waals surface area (Å²) >= 11 is 12.1. The highest BCUT2D eigenvalue weighted by Gasteiger charge is 2.25. The zero-order chi connectivity index (χ0) is 12.4. The first kappa shape index (κ1) is 15.6. The van der Waals surface area contributed by atoms with Gasteiger partial charge in [-0.3, -0.25) is 4.79 Å². The Balaban J connectivity index is 0.00000162. The van der Waals surface area contributed by atoms with E-state index in [-0.39, 0.29) is 29.7 Å². The molecule has 7 heteroatoms. The number of aromatic nitrogens is 1. The second-order valence-electron chi connectivity index (χ2n) is 4.26. The molecule has 1 saturated heterocycles. The molecule has 0 spiro atoms. The Labute approximate surface area is 122 Å². The molecule has 2 atom stereocenters. The summed E-state index contributed by atoms with van der Waals surface area (Å²) in [6.45, 7) is 3.44. The molecule has 2 heterocycles. The van der Waals surface area contributed by atoms with Gasteiger partial charge in [0.15, 0.2) is 0 Å². The summed E-state index contributed by atoms with van der Waals surface area (Å²) in [7, 11) is 0. The molecule has 0 aromatic carbocycles. The van der Waals surface area contributed by atoms with E-state index in [0.29, 0.717) is 17.3 Å². The van der Waals surface area contributed by atoms with E-state index < -0.39 is 0 Å². The van der Waals surface area contributed by atoms with Crippen molar-refractivity contribution in [2.45, 2.75) is 24.8 Å². The summed E-state index contributed by atoms with van der Waals surface area (Å²) in [6.07, 6.45) is 0.831. The first-order valence-corrected chi connectivity index (χ1v) is 6.40. The first-order chi connectivity index (χ1) is 8.08. The maximum Gasteiger partial charge on any atom is 0.269 e. The number of nitrogens with one attached hydrogen (secondary N) is 3. The lowest BCUT2D eigenvalue weighted by molar-refractivity contribution is 0.0926. The van der Waals surface area contributed by atoms with Gasteiger partial charge < -0.3 is 15.6 Å². The Morgan fingerprint density at radius 3 is 2.83 bits per heavy atom. The number of carbonyl (C=O) groups excluding carboxylic acids is 1. The van der Waals surface area contributed by atoms with E-state index in [0.717, 1.165) is 18.7 Å². The van der Waals surface area contributed by atoms with Crippen LogP contribution in [0.25, 0.3) is 0 Å². The third kappa shape index (κ3) is 3.54. The van der Waals surface area contributed by atoms with Crippen LogP contribution < -0.4 is 10.6 Å². The minimum atomic E-state index is -0.194. The SMILES string of the molecule is Cc1cc(Cl)c(C(=O)N[C@@H]2CCNC[C@@H]2Cl)[nH]1.Cl. The van der Waals surface area contributed by atoms with Crippen LogP contribution in [0.2, 0.25) is 5.02 Å². The zero-order valence-corrected chi connectivity index (χ0v) is 12.3. The third-order valence-electron chi connectivity index (χ3n) is 2.86. The van der Waals surface area contributed by atoms with Crippen LogP contribution in [0.3, 0.4) is 0 Å². The number of amides is 1. The molecule has 1 aliphatic rings. The summed E-state index contributed by atoms with van der Waals surface area (Å²) in [6, 6.07) is 1.72. The highest BCUT2D eigenvalue weighted by atomic mass is 35.5. The fourth-order valence-electron chi connectivity index (χ4n) is 1.94. The second kappa shape index (κ2) is 6.66. The largest absolute Gasteiger partial charge is 0.353 e. The molecule has 0 saturated carbocycles. The molecule has 1 aliphatic heterocycles. The smallest absolute Gasteiger partial charge is 0.269 e. The number of aromatic amines is 1. The van der Waals surface area contributed by atoms with Crippen LogP contribution in [0.15, 0.2) is 6.07 Å². The van der Waals surface area contributed by atoms with E-state index >= 15 is 0 Å². The number of hydrogen-bond donors (Lipinski definition) is 3. The molecule has 0 unspecified atom stereocenters. The number of H-pyrrole nitrogens is 1. The first-order valence-electron chi connectivity index (χ1n) is 5.58. The van der Waals surface area contributed by atoms with Crippen LogP contribution in [0.1, 0.15) is 22.6 Å². The van der Waals surface area contributed by atoms with Crippen LogP contribution in [-0.4, -0.2) is 35.4 Å². The molecule has 1 aromatic rings. The number of rotatable bonds is 2. The van der Waals surface area contributed by atoms with Crippen LogP contribution in [0.4, 0.5) is 0 Å². The van der Waals surface area contributed by atoms with Gasteiger partial charge in [0.1, 0.15) is 5.69 Å². The molecule has 2 rings (SSSR count). The topological polar surface area (TPSA) is 56.9 Å². The lowest BCUT2D eigenvalue weighted by atomic mass is 10.1. The molecular formula is C11H16Cl3N3O. The van der Waals surface area contributed by atoms with Crippen molar-refractivity contribution >= 4 is 41.5 Å². The van der Waals surface area contributed by atoms with Crippen LogP contribution in [0, 0.1) is 6.92 Å². The second-order valence-corrected chi connectivity index (χ2v) is 5.23. The average molecular weight is 313 g/mol. The van der Waals surface area contributed by atoms with Gasteiger partial charge in [0.05, 0.1) is 10.4 Å². The summed E-state index contributed by atoms with van der Waals surface area (Å²) in [5, 5.41) is 6.45. The fraction of sp³-hybridized carbons (Fsp3) is 0.545. The van der Waals surface area contributed by atoms with Crippen LogP contribution in [-0.2, 0) is 0 Å². The van der Waals surface area contributed by atoms with Gasteiger partial charge in [-0.25, -0.2) is 0 Å². The van der Waals surface area contributed by atoms with E-state index in [9.17, 15) is 4.79 Å². The quantitative estimate of drug-likeness (QED) is 0.733. The van der Waals surface area contributed by atoms with Crippen molar-refractivity contribution in [3.63, 3.8) is 0 Å². The third-order valence-corrected chi connectivity index (χ3v) is 3.61. The zero-order valence-electron chi connectivity index (χ0n) is 9.93. The Morgan fingerprint density at radius 2 is 2.28 bits per heavy atom. The van der Waals surface area contributed by atoms with Gasteiger partial charge in [-0.2, -0.15) is 0 Å². The predicted octanol–water partition coefficient (Wildman–Crippen LogP) is 2.10. The number of halogens is 3. The van der Waals surface area contributed by atoms with Crippen LogP contribution in [0.5, 0.6) is 0 Å². The molecular weight excluding hydrogens is 296 g/mol. The number of carbonyl (C=O) groups is 1. The van der Waals surface area contributed by atoms with Crippen molar-refractivity contribution in [3.8, 4) is 0 Å². The van der Waals surface area contributed by atoms with Gasteiger partial charge in [0, 0.05) is 18.3 Å². The average Bonchev–Trinajstić information content (AvgIpc) is 2.61. The molecule has 0 bridgehead atoms. The molecule has 0 radical (unpaired) electrons. The molecule has 102 valence electrons. The molecule has 1 aromatic heterocycles. The summed E-state index contributed by atoms with van der Waals surface area (Å²) < 4.78 is 0. The molecule has 1 fully saturated rings. The monoisotopic (exact) mass is 311 g/mol. The van der Waals surface area contributed by atoms with Crippen LogP contribution >= 0.6 is 35.6 Å². The fourth-order valence-corrected chi connectivity index (χ4v) is 2.54. The van der Waals surface area contributed by atoms with Crippen molar-refractivity contribution in [1.82, 2.24) is 15.6 Å². The molecule has 3 N–H and O–H groups in total. The summed E-state index contributed by atoms with van der Waals surface area (Å²) in [5.74, 6) is -0.194. The molecule has 4 nitrogen and oxygen atoms in total. The summed E-state index contributed by atoms with van der Waals surface area (Å²) in [4.78, 5) is 14.9. The molecule has 0 aliphatic carbocycles. The van der Waals surface area contributed by atoms with Gasteiger partial charge in [0.2, 0.25) is 0 Å². The van der Waals surface area contributed by atoms with E-state index in [2.05, 4.69) is 15.6 Å².